The number of nitrogens with zero attached hydrogens (tertiary/aromatic N) is 1. The molecule has 46 heavy (non-hydrogen) atoms. The van der Waals surface area contributed by atoms with Crippen LogP contribution in [0.3, 0.4) is 0 Å². The summed E-state index contributed by atoms with van der Waals surface area (Å²) >= 11 is 0. The van der Waals surface area contributed by atoms with E-state index in [0.717, 1.165) is 22.3 Å². The van der Waals surface area contributed by atoms with Gasteiger partial charge in [0.05, 0.1) is 11.8 Å². The van der Waals surface area contributed by atoms with Crippen LogP contribution < -0.4 is 10.1 Å². The van der Waals surface area contributed by atoms with Crippen LogP contribution in [0.15, 0.2) is 103 Å². The standard InChI is InChI=1S/C38H34N2O6/c41-31(39-24-18-20-26(21-19-24)46-25-11-3-1-4-12-25)23-45-32(42)17-5-2-10-22-40-37(43)35-33-27-13-6-7-14-28(27)34(36(35)38(40)44)30-16-9-8-15-29(30)33/h1,3-4,6-9,11-16,18-21,33-36H,2,5,10,17,22-23H2,(H,39,41)/t33?,34?,35-,36+. The Kier molecular flexibility index (Phi) is 8.09. The first-order valence-corrected chi connectivity index (χ1v) is 15.8. The van der Waals surface area contributed by atoms with Crippen molar-refractivity contribution in [2.24, 2.45) is 11.8 Å². The van der Waals surface area contributed by atoms with Gasteiger partial charge < -0.3 is 14.8 Å². The molecule has 0 radical (unpaired) electrons. The number of para-hydroxylation sites is 1. The van der Waals surface area contributed by atoms with E-state index < -0.39 is 11.9 Å². The second-order valence-electron chi connectivity index (χ2n) is 12.1. The summed E-state index contributed by atoms with van der Waals surface area (Å²) in [5, 5.41) is 2.71. The number of hydrogen-bond acceptors (Lipinski definition) is 6. The summed E-state index contributed by atoms with van der Waals surface area (Å²) in [5.41, 5.74) is 5.21. The average Bonchev–Trinajstić information content (AvgIpc) is 3.34. The van der Waals surface area contributed by atoms with Gasteiger partial charge in [-0.3, -0.25) is 24.1 Å². The molecule has 1 N–H and O–H groups in total. The van der Waals surface area contributed by atoms with Crippen LogP contribution in [-0.4, -0.2) is 41.7 Å². The SMILES string of the molecule is O=C(COC(=O)CCCCCN1C(=O)[C@@H]2C3c4ccccc4C(c4ccccc43)[C@@H]2C1=O)Nc1ccc(Oc2ccccc2)cc1. The molecule has 0 unspecified atom stereocenters. The summed E-state index contributed by atoms with van der Waals surface area (Å²) in [6.07, 6.45) is 1.94. The van der Waals surface area contributed by atoms with Gasteiger partial charge in [0.15, 0.2) is 6.61 Å². The Morgan fingerprint density at radius 2 is 1.15 bits per heavy atom. The molecule has 8 heteroatoms. The van der Waals surface area contributed by atoms with E-state index in [9.17, 15) is 19.2 Å². The van der Waals surface area contributed by atoms with Crippen LogP contribution in [0, 0.1) is 11.8 Å². The van der Waals surface area contributed by atoms with Gasteiger partial charge in [-0.25, -0.2) is 0 Å². The molecule has 2 bridgehead atoms. The van der Waals surface area contributed by atoms with Crippen molar-refractivity contribution in [3.63, 3.8) is 0 Å². The first-order valence-electron chi connectivity index (χ1n) is 15.8. The third-order valence-electron chi connectivity index (χ3n) is 9.28. The van der Waals surface area contributed by atoms with Gasteiger partial charge in [0.25, 0.3) is 5.91 Å². The minimum atomic E-state index is -0.465. The van der Waals surface area contributed by atoms with Crippen molar-refractivity contribution in [2.75, 3.05) is 18.5 Å². The number of unbranched alkanes of at least 4 members (excludes halogenated alkanes) is 2. The summed E-state index contributed by atoms with van der Waals surface area (Å²) in [4.78, 5) is 53.4. The number of rotatable bonds is 11. The monoisotopic (exact) mass is 614 g/mol. The van der Waals surface area contributed by atoms with E-state index in [1.807, 2.05) is 54.6 Å². The molecule has 1 heterocycles. The van der Waals surface area contributed by atoms with Crippen LogP contribution in [0.25, 0.3) is 0 Å². The van der Waals surface area contributed by atoms with Gasteiger partial charge in [0.1, 0.15) is 11.5 Å². The van der Waals surface area contributed by atoms with Crippen LogP contribution in [0.1, 0.15) is 59.8 Å². The molecule has 4 aliphatic rings. The van der Waals surface area contributed by atoms with Crippen LogP contribution in [-0.2, 0) is 23.9 Å². The maximum absolute atomic E-state index is 13.7. The first kappa shape index (κ1) is 29.5. The maximum atomic E-state index is 13.7. The Balaban J connectivity index is 0.852. The highest BCUT2D eigenvalue weighted by molar-refractivity contribution is 6.07. The molecule has 8 rings (SSSR count). The van der Waals surface area contributed by atoms with Crippen molar-refractivity contribution < 1.29 is 28.7 Å². The molecule has 1 fully saturated rings. The lowest BCUT2D eigenvalue weighted by atomic mass is 9.55. The number of anilines is 1. The van der Waals surface area contributed by atoms with Crippen molar-refractivity contribution in [3.8, 4) is 11.5 Å². The smallest absolute Gasteiger partial charge is 0.306 e. The predicted molar refractivity (Wildman–Crippen MR) is 171 cm³/mol. The Morgan fingerprint density at radius 1 is 0.630 bits per heavy atom. The Morgan fingerprint density at radius 3 is 1.72 bits per heavy atom. The molecule has 1 aliphatic heterocycles. The molecule has 232 valence electrons. The van der Waals surface area contributed by atoms with Crippen molar-refractivity contribution in [1.82, 2.24) is 4.90 Å². The van der Waals surface area contributed by atoms with Crippen molar-refractivity contribution in [1.29, 1.82) is 0 Å². The van der Waals surface area contributed by atoms with Gasteiger partial charge >= 0.3 is 5.97 Å². The summed E-state index contributed by atoms with van der Waals surface area (Å²) < 4.78 is 10.9. The zero-order valence-corrected chi connectivity index (χ0v) is 25.3. The van der Waals surface area contributed by atoms with E-state index in [1.54, 1.807) is 24.3 Å². The summed E-state index contributed by atoms with van der Waals surface area (Å²) in [6.45, 7) is -0.0444. The second-order valence-corrected chi connectivity index (χ2v) is 12.1. The molecular formula is C38H34N2O6. The Hall–Kier alpha value is -5.24. The summed E-state index contributed by atoms with van der Waals surface area (Å²) in [7, 11) is 0. The van der Waals surface area contributed by atoms with E-state index in [-0.39, 0.29) is 48.5 Å². The van der Waals surface area contributed by atoms with Gasteiger partial charge in [-0.1, -0.05) is 73.2 Å². The number of benzene rings is 4. The van der Waals surface area contributed by atoms with Gasteiger partial charge in [0.2, 0.25) is 11.8 Å². The number of likely N-dealkylation sites (tertiary alicyclic amines) is 1. The molecular weight excluding hydrogens is 580 g/mol. The van der Waals surface area contributed by atoms with E-state index in [1.165, 1.54) is 4.90 Å². The molecule has 8 nitrogen and oxygen atoms in total. The molecule has 2 atom stereocenters. The molecule has 4 aromatic carbocycles. The molecule has 4 aromatic rings. The first-order chi connectivity index (χ1) is 22.5. The predicted octanol–water partition coefficient (Wildman–Crippen LogP) is 6.41. The van der Waals surface area contributed by atoms with Crippen LogP contribution >= 0.6 is 0 Å². The van der Waals surface area contributed by atoms with Crippen molar-refractivity contribution >= 4 is 29.4 Å². The summed E-state index contributed by atoms with van der Waals surface area (Å²) in [5.74, 6) is -0.678. The minimum Gasteiger partial charge on any atom is -0.457 e. The van der Waals surface area contributed by atoms with E-state index in [4.69, 9.17) is 9.47 Å². The minimum absolute atomic E-state index is 0.0854. The van der Waals surface area contributed by atoms with Crippen LogP contribution in [0.4, 0.5) is 5.69 Å². The highest BCUT2D eigenvalue weighted by Crippen LogP contribution is 2.60. The number of carbonyl (C=O) groups excluding carboxylic acids is 4. The van der Waals surface area contributed by atoms with E-state index in [0.29, 0.717) is 43.0 Å². The highest BCUT2D eigenvalue weighted by atomic mass is 16.5. The largest absolute Gasteiger partial charge is 0.457 e. The third-order valence-corrected chi connectivity index (χ3v) is 9.28. The number of carbonyl (C=O) groups is 4. The fourth-order valence-corrected chi connectivity index (χ4v) is 7.32. The van der Waals surface area contributed by atoms with Crippen molar-refractivity contribution in [2.45, 2.75) is 37.5 Å². The number of nitrogens with one attached hydrogen (secondary N) is 1. The van der Waals surface area contributed by atoms with Gasteiger partial charge in [-0.15, -0.1) is 0 Å². The number of imide groups is 1. The number of hydrogen-bond donors (Lipinski definition) is 1. The van der Waals surface area contributed by atoms with E-state index in [2.05, 4.69) is 29.6 Å². The molecule has 3 amide bonds. The molecule has 0 spiro atoms. The average molecular weight is 615 g/mol. The van der Waals surface area contributed by atoms with Crippen molar-refractivity contribution in [3.05, 3.63) is 125 Å². The second kappa shape index (κ2) is 12.6. The molecule has 0 saturated carbocycles. The number of esters is 1. The normalized spacial score (nSPS) is 20.5. The van der Waals surface area contributed by atoms with Gasteiger partial charge in [-0.2, -0.15) is 0 Å². The lowest BCUT2D eigenvalue weighted by Gasteiger charge is -2.45. The third kappa shape index (κ3) is 5.55. The molecule has 1 saturated heterocycles. The number of ether oxygens (including phenoxy) is 2. The zero-order chi connectivity index (χ0) is 31.6. The molecule has 3 aliphatic carbocycles. The maximum Gasteiger partial charge on any atom is 0.306 e. The van der Waals surface area contributed by atoms with E-state index >= 15 is 0 Å². The summed E-state index contributed by atoms with van der Waals surface area (Å²) in [6, 6.07) is 32.7. The lowest BCUT2D eigenvalue weighted by Crippen LogP contribution is -2.41. The Labute approximate surface area is 267 Å². The lowest BCUT2D eigenvalue weighted by molar-refractivity contribution is -0.147. The topological polar surface area (TPSA) is 102 Å². The fourth-order valence-electron chi connectivity index (χ4n) is 7.32. The fraction of sp³-hybridized carbons (Fsp3) is 0.263. The molecule has 0 aromatic heterocycles. The van der Waals surface area contributed by atoms with Gasteiger partial charge in [0, 0.05) is 30.5 Å². The Bertz CT molecular complexity index is 1670. The zero-order valence-electron chi connectivity index (χ0n) is 25.3. The quantitative estimate of drug-likeness (QED) is 0.119. The number of amides is 3. The van der Waals surface area contributed by atoms with Gasteiger partial charge in [-0.05, 0) is 71.5 Å². The highest BCUT2D eigenvalue weighted by Gasteiger charge is 2.61. The van der Waals surface area contributed by atoms with Crippen LogP contribution in [0.5, 0.6) is 11.5 Å². The van der Waals surface area contributed by atoms with Crippen LogP contribution in [0.2, 0.25) is 0 Å².